The van der Waals surface area contributed by atoms with Crippen LogP contribution in [0.2, 0.25) is 0 Å². The van der Waals surface area contributed by atoms with Crippen molar-refractivity contribution in [2.24, 2.45) is 10.4 Å². The minimum Gasteiger partial charge on any atom is -0.356 e. The van der Waals surface area contributed by atoms with Gasteiger partial charge >= 0.3 is 0 Å². The molecule has 1 heterocycles. The SMILES string of the molecule is CCNC(=O)C(C)(C)CNC(=NC)NCCN1CCCCC1.I. The van der Waals surface area contributed by atoms with E-state index in [2.05, 4.69) is 25.8 Å². The Morgan fingerprint density at radius 3 is 2.35 bits per heavy atom. The summed E-state index contributed by atoms with van der Waals surface area (Å²) in [6.07, 6.45) is 3.99. The smallest absolute Gasteiger partial charge is 0.227 e. The predicted octanol–water partition coefficient (Wildman–Crippen LogP) is 1.42. The van der Waals surface area contributed by atoms with Crippen molar-refractivity contribution in [1.82, 2.24) is 20.9 Å². The van der Waals surface area contributed by atoms with Gasteiger partial charge in [0.05, 0.1) is 5.41 Å². The van der Waals surface area contributed by atoms with Crippen LogP contribution in [0.1, 0.15) is 40.0 Å². The van der Waals surface area contributed by atoms with E-state index in [1.54, 1.807) is 7.05 Å². The van der Waals surface area contributed by atoms with Gasteiger partial charge in [-0.15, -0.1) is 24.0 Å². The summed E-state index contributed by atoms with van der Waals surface area (Å²) in [4.78, 5) is 18.7. The Morgan fingerprint density at radius 1 is 1.13 bits per heavy atom. The summed E-state index contributed by atoms with van der Waals surface area (Å²) in [5.74, 6) is 0.820. The molecule has 1 amide bonds. The third kappa shape index (κ3) is 8.74. The van der Waals surface area contributed by atoms with E-state index in [4.69, 9.17) is 0 Å². The summed E-state index contributed by atoms with van der Waals surface area (Å²) in [5.41, 5.74) is -0.458. The Kier molecular flexibility index (Phi) is 11.6. The van der Waals surface area contributed by atoms with Gasteiger partial charge in [-0.25, -0.2) is 0 Å². The number of carbonyl (C=O) groups is 1. The highest BCUT2D eigenvalue weighted by atomic mass is 127. The van der Waals surface area contributed by atoms with Gasteiger partial charge in [-0.05, 0) is 46.7 Å². The number of rotatable bonds is 7. The van der Waals surface area contributed by atoms with Crippen LogP contribution < -0.4 is 16.0 Å². The first-order chi connectivity index (χ1) is 10.5. The lowest BCUT2D eigenvalue weighted by atomic mass is 9.92. The van der Waals surface area contributed by atoms with E-state index in [0.29, 0.717) is 13.1 Å². The van der Waals surface area contributed by atoms with Crippen LogP contribution >= 0.6 is 24.0 Å². The van der Waals surface area contributed by atoms with Crippen LogP contribution in [0.5, 0.6) is 0 Å². The number of nitrogens with one attached hydrogen (secondary N) is 3. The average Bonchev–Trinajstić information content (AvgIpc) is 2.52. The predicted molar refractivity (Wildman–Crippen MR) is 108 cm³/mol. The second kappa shape index (κ2) is 11.9. The Balaban J connectivity index is 0.00000484. The van der Waals surface area contributed by atoms with Crippen molar-refractivity contribution in [3.63, 3.8) is 0 Å². The summed E-state index contributed by atoms with van der Waals surface area (Å²) >= 11 is 0. The number of halogens is 1. The molecule has 1 rings (SSSR count). The van der Waals surface area contributed by atoms with Gasteiger partial charge < -0.3 is 20.9 Å². The number of hydrogen-bond donors (Lipinski definition) is 3. The monoisotopic (exact) mass is 439 g/mol. The molecule has 1 fully saturated rings. The number of nitrogens with zero attached hydrogens (tertiary/aromatic N) is 2. The number of carbonyl (C=O) groups excluding carboxylic acids is 1. The molecule has 0 spiro atoms. The van der Waals surface area contributed by atoms with Gasteiger partial charge in [-0.1, -0.05) is 6.42 Å². The highest BCUT2D eigenvalue weighted by molar-refractivity contribution is 14.0. The van der Waals surface area contributed by atoms with Gasteiger partial charge in [0.1, 0.15) is 0 Å². The Hall–Kier alpha value is -0.570. The molecular formula is C16H34IN5O. The van der Waals surface area contributed by atoms with Gasteiger partial charge in [0.15, 0.2) is 5.96 Å². The topological polar surface area (TPSA) is 68.8 Å². The summed E-state index contributed by atoms with van der Waals surface area (Å²) in [6, 6.07) is 0. The van der Waals surface area contributed by atoms with Crippen molar-refractivity contribution in [3.8, 4) is 0 Å². The first-order valence-corrected chi connectivity index (χ1v) is 8.44. The fourth-order valence-corrected chi connectivity index (χ4v) is 2.52. The zero-order chi connectivity index (χ0) is 16.4. The molecule has 23 heavy (non-hydrogen) atoms. The molecule has 1 saturated heterocycles. The van der Waals surface area contributed by atoms with E-state index in [1.807, 2.05) is 20.8 Å². The average molecular weight is 439 g/mol. The summed E-state index contributed by atoms with van der Waals surface area (Å²) in [6.45, 7) is 11.4. The Morgan fingerprint density at radius 2 is 1.78 bits per heavy atom. The van der Waals surface area contributed by atoms with Crippen LogP contribution in [0.15, 0.2) is 4.99 Å². The molecule has 1 aliphatic rings. The lowest BCUT2D eigenvalue weighted by molar-refractivity contribution is -0.128. The Bertz CT molecular complexity index is 367. The zero-order valence-electron chi connectivity index (χ0n) is 15.1. The van der Waals surface area contributed by atoms with Crippen LogP contribution in [0.4, 0.5) is 0 Å². The third-order valence-corrected chi connectivity index (χ3v) is 4.04. The van der Waals surface area contributed by atoms with Crippen molar-refractivity contribution >= 4 is 35.8 Å². The van der Waals surface area contributed by atoms with Crippen LogP contribution in [-0.2, 0) is 4.79 Å². The highest BCUT2D eigenvalue weighted by Crippen LogP contribution is 2.13. The van der Waals surface area contributed by atoms with Crippen LogP contribution in [0, 0.1) is 5.41 Å². The van der Waals surface area contributed by atoms with Crippen molar-refractivity contribution in [2.45, 2.75) is 40.0 Å². The second-order valence-electron chi connectivity index (χ2n) is 6.50. The molecule has 3 N–H and O–H groups in total. The number of guanidine groups is 1. The fourth-order valence-electron chi connectivity index (χ4n) is 2.52. The van der Waals surface area contributed by atoms with E-state index < -0.39 is 5.41 Å². The molecule has 0 aromatic rings. The van der Waals surface area contributed by atoms with Crippen LogP contribution in [-0.4, -0.2) is 63.1 Å². The molecule has 0 bridgehead atoms. The molecule has 0 aliphatic carbocycles. The number of likely N-dealkylation sites (tertiary alicyclic amines) is 1. The maximum absolute atomic E-state index is 12.0. The molecule has 0 unspecified atom stereocenters. The quantitative estimate of drug-likeness (QED) is 0.319. The molecular weight excluding hydrogens is 405 g/mol. The summed E-state index contributed by atoms with van der Waals surface area (Å²) in [5, 5.41) is 9.44. The second-order valence-corrected chi connectivity index (χ2v) is 6.50. The minimum absolute atomic E-state index is 0. The van der Waals surface area contributed by atoms with Crippen LogP contribution in [0.25, 0.3) is 0 Å². The fraction of sp³-hybridized carbons (Fsp3) is 0.875. The summed E-state index contributed by atoms with van der Waals surface area (Å²) in [7, 11) is 1.76. The van der Waals surface area contributed by atoms with E-state index in [9.17, 15) is 4.79 Å². The van der Waals surface area contributed by atoms with Crippen LogP contribution in [0.3, 0.4) is 0 Å². The van der Waals surface area contributed by atoms with E-state index in [0.717, 1.165) is 19.0 Å². The maximum Gasteiger partial charge on any atom is 0.227 e. The molecule has 0 aromatic heterocycles. The lowest BCUT2D eigenvalue weighted by Crippen LogP contribution is -2.49. The minimum atomic E-state index is -0.458. The number of hydrogen-bond acceptors (Lipinski definition) is 3. The van der Waals surface area contributed by atoms with Gasteiger partial charge in [-0.3, -0.25) is 9.79 Å². The van der Waals surface area contributed by atoms with E-state index in [-0.39, 0.29) is 29.9 Å². The molecule has 7 heteroatoms. The van der Waals surface area contributed by atoms with E-state index >= 15 is 0 Å². The molecule has 1 aliphatic heterocycles. The van der Waals surface area contributed by atoms with Crippen molar-refractivity contribution in [2.75, 3.05) is 46.3 Å². The normalized spacial score (nSPS) is 16.4. The zero-order valence-corrected chi connectivity index (χ0v) is 17.4. The lowest BCUT2D eigenvalue weighted by Gasteiger charge is -2.27. The van der Waals surface area contributed by atoms with Crippen molar-refractivity contribution in [3.05, 3.63) is 0 Å². The standard InChI is InChI=1S/C16H33N5O.HI/c1-5-18-14(22)16(2,3)13-20-15(17-4)19-9-12-21-10-7-6-8-11-21;/h5-13H2,1-4H3,(H,18,22)(H2,17,19,20);1H. The van der Waals surface area contributed by atoms with Gasteiger partial charge in [-0.2, -0.15) is 0 Å². The maximum atomic E-state index is 12.0. The Labute approximate surface area is 158 Å². The molecule has 0 atom stereocenters. The molecule has 136 valence electrons. The molecule has 0 aromatic carbocycles. The van der Waals surface area contributed by atoms with Crippen molar-refractivity contribution < 1.29 is 4.79 Å². The third-order valence-electron chi connectivity index (χ3n) is 4.04. The summed E-state index contributed by atoms with van der Waals surface area (Å²) < 4.78 is 0. The number of piperidine rings is 1. The molecule has 0 radical (unpaired) electrons. The van der Waals surface area contributed by atoms with E-state index in [1.165, 1.54) is 32.4 Å². The van der Waals surface area contributed by atoms with Gasteiger partial charge in [0.25, 0.3) is 0 Å². The van der Waals surface area contributed by atoms with Gasteiger partial charge in [0.2, 0.25) is 5.91 Å². The largest absolute Gasteiger partial charge is 0.356 e. The first-order valence-electron chi connectivity index (χ1n) is 8.44. The highest BCUT2D eigenvalue weighted by Gasteiger charge is 2.27. The molecule has 0 saturated carbocycles. The number of amides is 1. The first kappa shape index (κ1) is 22.4. The number of aliphatic imine (C=N–C) groups is 1. The molecule has 6 nitrogen and oxygen atoms in total. The van der Waals surface area contributed by atoms with Gasteiger partial charge in [0, 0.05) is 33.2 Å². The van der Waals surface area contributed by atoms with Crippen molar-refractivity contribution in [1.29, 1.82) is 0 Å².